The smallest absolute Gasteiger partial charge is 0.409 e. The second kappa shape index (κ2) is 6.38. The normalized spacial score (nSPS) is 21.9. The first-order valence-corrected chi connectivity index (χ1v) is 8.10. The minimum absolute atomic E-state index is 0.235. The molecule has 6 nitrogen and oxygen atoms in total. The van der Waals surface area contributed by atoms with Crippen molar-refractivity contribution in [1.82, 2.24) is 4.90 Å². The van der Waals surface area contributed by atoms with Gasteiger partial charge in [-0.15, -0.1) is 0 Å². The number of aliphatic hydroxyl groups excluding tert-OH is 1. The predicted molar refractivity (Wildman–Crippen MR) is 66.8 cm³/mol. The van der Waals surface area contributed by atoms with E-state index in [1.54, 1.807) is 0 Å². The number of carbonyl (C=O) groups is 1. The van der Waals surface area contributed by atoms with Crippen molar-refractivity contribution < 1.29 is 23.1 Å². The molecule has 2 atom stereocenters. The van der Waals surface area contributed by atoms with Crippen molar-refractivity contribution in [2.75, 3.05) is 26.0 Å². The third kappa shape index (κ3) is 4.13. The fourth-order valence-electron chi connectivity index (χ4n) is 1.93. The molecule has 0 spiro atoms. The number of unbranched alkanes of at least 4 members (excludes halogenated alkanes) is 1. The van der Waals surface area contributed by atoms with Gasteiger partial charge in [-0.3, -0.25) is 0 Å². The van der Waals surface area contributed by atoms with Crippen LogP contribution >= 0.6 is 0 Å². The summed E-state index contributed by atoms with van der Waals surface area (Å²) in [5.41, 5.74) is -1.40. The first-order chi connectivity index (χ1) is 8.36. The minimum Gasteiger partial charge on any atom is -0.449 e. The van der Waals surface area contributed by atoms with Crippen LogP contribution in [0.15, 0.2) is 0 Å². The van der Waals surface area contributed by atoms with Gasteiger partial charge in [-0.25, -0.2) is 13.2 Å². The summed E-state index contributed by atoms with van der Waals surface area (Å²) in [6.45, 7) is 3.05. The molecule has 1 aliphatic rings. The number of likely N-dealkylation sites (tertiary alicyclic amines) is 1. The van der Waals surface area contributed by atoms with Gasteiger partial charge in [0.05, 0.1) is 6.61 Å². The maximum Gasteiger partial charge on any atom is 0.409 e. The highest BCUT2D eigenvalue weighted by Crippen LogP contribution is 2.23. The third-order valence-corrected chi connectivity index (χ3v) is 4.31. The van der Waals surface area contributed by atoms with Crippen molar-refractivity contribution in [3.63, 3.8) is 0 Å². The standard InChI is InChI=1S/C11H21NO5S/c1-3-4-7-17-11(14)12-6-5-9(8-12)10(13)18(2,15)16/h9-10,13H,3-8H2,1-2H3. The molecule has 2 unspecified atom stereocenters. The lowest BCUT2D eigenvalue weighted by Crippen LogP contribution is -2.34. The number of rotatable bonds is 5. The maximum absolute atomic E-state index is 11.6. The number of ether oxygens (including phenoxy) is 1. The monoisotopic (exact) mass is 279 g/mol. The van der Waals surface area contributed by atoms with Crippen LogP contribution in [0.2, 0.25) is 0 Å². The molecule has 0 aromatic carbocycles. The van der Waals surface area contributed by atoms with E-state index in [-0.39, 0.29) is 6.54 Å². The molecule has 1 rings (SSSR count). The summed E-state index contributed by atoms with van der Waals surface area (Å²) in [7, 11) is -3.48. The fourth-order valence-corrected chi connectivity index (χ4v) is 2.85. The fraction of sp³-hybridized carbons (Fsp3) is 0.909. The number of aliphatic hydroxyl groups is 1. The first-order valence-electron chi connectivity index (χ1n) is 6.15. The van der Waals surface area contributed by atoms with Crippen LogP contribution in [0, 0.1) is 5.92 Å². The van der Waals surface area contributed by atoms with Gasteiger partial charge in [0.1, 0.15) is 0 Å². The Bertz CT molecular complexity index is 381. The quantitative estimate of drug-likeness (QED) is 0.745. The van der Waals surface area contributed by atoms with Crippen LogP contribution in [0.1, 0.15) is 26.2 Å². The van der Waals surface area contributed by atoms with Gasteiger partial charge < -0.3 is 14.7 Å². The maximum atomic E-state index is 11.6. The third-order valence-electron chi connectivity index (χ3n) is 3.05. The second-order valence-electron chi connectivity index (χ2n) is 4.68. The van der Waals surface area contributed by atoms with E-state index in [4.69, 9.17) is 4.74 Å². The Hall–Kier alpha value is -0.820. The van der Waals surface area contributed by atoms with Gasteiger partial charge in [-0.1, -0.05) is 13.3 Å². The number of hydrogen-bond acceptors (Lipinski definition) is 5. The molecule has 106 valence electrons. The van der Waals surface area contributed by atoms with Crippen LogP contribution in [-0.4, -0.2) is 55.9 Å². The average Bonchev–Trinajstić information content (AvgIpc) is 2.76. The lowest BCUT2D eigenvalue weighted by molar-refractivity contribution is 0.105. The number of nitrogens with zero attached hydrogens (tertiary/aromatic N) is 1. The summed E-state index contributed by atoms with van der Waals surface area (Å²) >= 11 is 0. The van der Waals surface area contributed by atoms with E-state index in [9.17, 15) is 18.3 Å². The first kappa shape index (κ1) is 15.2. The van der Waals surface area contributed by atoms with Crippen molar-refractivity contribution >= 4 is 15.9 Å². The molecule has 0 radical (unpaired) electrons. The van der Waals surface area contributed by atoms with Crippen LogP contribution in [0.5, 0.6) is 0 Å². The van der Waals surface area contributed by atoms with Crippen LogP contribution in [-0.2, 0) is 14.6 Å². The predicted octanol–water partition coefficient (Wildman–Crippen LogP) is 0.608. The van der Waals surface area contributed by atoms with Crippen LogP contribution in [0.3, 0.4) is 0 Å². The highest BCUT2D eigenvalue weighted by molar-refractivity contribution is 7.91. The summed E-state index contributed by atoms with van der Waals surface area (Å²) in [5, 5.41) is 9.63. The number of amides is 1. The number of hydrogen-bond donors (Lipinski definition) is 1. The van der Waals surface area contributed by atoms with Gasteiger partial charge >= 0.3 is 6.09 Å². The molecule has 0 saturated carbocycles. The number of sulfone groups is 1. The van der Waals surface area contributed by atoms with E-state index in [2.05, 4.69) is 0 Å². The van der Waals surface area contributed by atoms with Gasteiger partial charge in [-0.2, -0.15) is 0 Å². The van der Waals surface area contributed by atoms with Crippen LogP contribution in [0.4, 0.5) is 4.79 Å². The van der Waals surface area contributed by atoms with Crippen LogP contribution < -0.4 is 0 Å². The molecule has 1 amide bonds. The Morgan fingerprint density at radius 3 is 2.78 bits per heavy atom. The lowest BCUT2D eigenvalue weighted by Gasteiger charge is -2.18. The summed E-state index contributed by atoms with van der Waals surface area (Å²) in [6, 6.07) is 0. The average molecular weight is 279 g/mol. The van der Waals surface area contributed by atoms with E-state index in [0.717, 1.165) is 19.1 Å². The molecule has 1 fully saturated rings. The molecular formula is C11H21NO5S. The van der Waals surface area contributed by atoms with Gasteiger partial charge in [0.2, 0.25) is 0 Å². The summed E-state index contributed by atoms with van der Waals surface area (Å²) in [5.74, 6) is -0.418. The van der Waals surface area contributed by atoms with Crippen molar-refractivity contribution in [3.05, 3.63) is 0 Å². The Labute approximate surface area is 108 Å². The van der Waals surface area contributed by atoms with Gasteiger partial charge in [-0.05, 0) is 12.8 Å². The highest BCUT2D eigenvalue weighted by atomic mass is 32.2. The number of carbonyl (C=O) groups excluding carboxylic acids is 1. The molecule has 1 aliphatic heterocycles. The molecule has 0 bridgehead atoms. The molecule has 1 saturated heterocycles. The molecule has 1 heterocycles. The Balaban J connectivity index is 2.43. The van der Waals surface area contributed by atoms with Gasteiger partial charge in [0.25, 0.3) is 0 Å². The van der Waals surface area contributed by atoms with E-state index in [1.165, 1.54) is 4.90 Å². The van der Waals surface area contributed by atoms with E-state index in [1.807, 2.05) is 6.92 Å². The summed E-state index contributed by atoms with van der Waals surface area (Å²) < 4.78 is 27.5. The topological polar surface area (TPSA) is 83.9 Å². The Kier molecular flexibility index (Phi) is 5.40. The zero-order valence-corrected chi connectivity index (χ0v) is 11.6. The minimum atomic E-state index is -3.48. The van der Waals surface area contributed by atoms with E-state index in [0.29, 0.717) is 19.6 Å². The van der Waals surface area contributed by atoms with Gasteiger partial charge in [0.15, 0.2) is 15.3 Å². The molecule has 0 aliphatic carbocycles. The molecular weight excluding hydrogens is 258 g/mol. The lowest BCUT2D eigenvalue weighted by atomic mass is 10.1. The molecule has 1 N–H and O–H groups in total. The van der Waals surface area contributed by atoms with Gasteiger partial charge in [0, 0.05) is 25.3 Å². The zero-order chi connectivity index (χ0) is 13.8. The molecule has 0 aromatic rings. The Morgan fingerprint density at radius 2 is 2.22 bits per heavy atom. The molecule has 18 heavy (non-hydrogen) atoms. The van der Waals surface area contributed by atoms with E-state index < -0.39 is 27.3 Å². The van der Waals surface area contributed by atoms with Crippen LogP contribution in [0.25, 0.3) is 0 Å². The zero-order valence-electron chi connectivity index (χ0n) is 10.8. The van der Waals surface area contributed by atoms with Crippen molar-refractivity contribution in [3.8, 4) is 0 Å². The highest BCUT2D eigenvalue weighted by Gasteiger charge is 2.36. The largest absolute Gasteiger partial charge is 0.449 e. The summed E-state index contributed by atoms with van der Waals surface area (Å²) in [6.07, 6.45) is 2.82. The molecule has 0 aromatic heterocycles. The van der Waals surface area contributed by atoms with Crippen molar-refractivity contribution in [2.45, 2.75) is 31.6 Å². The SMILES string of the molecule is CCCCOC(=O)N1CCC(C(O)S(C)(=O)=O)C1. The molecule has 7 heteroatoms. The Morgan fingerprint density at radius 1 is 1.56 bits per heavy atom. The second-order valence-corrected chi connectivity index (χ2v) is 6.82. The van der Waals surface area contributed by atoms with Crippen molar-refractivity contribution in [1.29, 1.82) is 0 Å². The van der Waals surface area contributed by atoms with E-state index >= 15 is 0 Å². The summed E-state index contributed by atoms with van der Waals surface area (Å²) in [4.78, 5) is 13.1. The van der Waals surface area contributed by atoms with Crippen molar-refractivity contribution in [2.24, 2.45) is 5.92 Å².